The van der Waals surface area contributed by atoms with Gasteiger partial charge in [0.15, 0.2) is 5.65 Å². The van der Waals surface area contributed by atoms with Crippen molar-refractivity contribution in [2.75, 3.05) is 12.4 Å². The largest absolute Gasteiger partial charge is 0.495 e. The normalized spacial score (nSPS) is 10.9. The number of thiophene rings is 1. The van der Waals surface area contributed by atoms with Gasteiger partial charge in [0.25, 0.3) is 5.91 Å². The van der Waals surface area contributed by atoms with Gasteiger partial charge in [-0.3, -0.25) is 9.48 Å². The average Bonchev–Trinajstić information content (AvgIpc) is 3.30. The van der Waals surface area contributed by atoms with Gasteiger partial charge in [-0.05, 0) is 36.6 Å². The summed E-state index contributed by atoms with van der Waals surface area (Å²) in [6.07, 6.45) is 0. The summed E-state index contributed by atoms with van der Waals surface area (Å²) in [6.45, 7) is 1.88. The van der Waals surface area contributed by atoms with Crippen molar-refractivity contribution in [3.8, 4) is 16.3 Å². The maximum Gasteiger partial charge on any atom is 0.256 e. The number of hydrogen-bond donors (Lipinski definition) is 1. The molecule has 4 rings (SSSR count). The van der Waals surface area contributed by atoms with Crippen molar-refractivity contribution in [3.63, 3.8) is 0 Å². The maximum absolute atomic E-state index is 13.2. The van der Waals surface area contributed by atoms with Gasteiger partial charge in [0.05, 0.1) is 40.0 Å². The molecule has 1 aromatic carbocycles. The zero-order valence-corrected chi connectivity index (χ0v) is 16.0. The van der Waals surface area contributed by atoms with Crippen LogP contribution in [-0.2, 0) is 7.05 Å². The van der Waals surface area contributed by atoms with Gasteiger partial charge in [-0.2, -0.15) is 5.10 Å². The lowest BCUT2D eigenvalue weighted by Gasteiger charge is -2.11. The smallest absolute Gasteiger partial charge is 0.256 e. The number of carbonyl (C=O) groups excluding carboxylic acids is 1. The number of anilines is 1. The summed E-state index contributed by atoms with van der Waals surface area (Å²) < 4.78 is 7.05. The van der Waals surface area contributed by atoms with Crippen LogP contribution in [0.25, 0.3) is 21.6 Å². The van der Waals surface area contributed by atoms with Crippen LogP contribution in [0.4, 0.5) is 5.69 Å². The highest BCUT2D eigenvalue weighted by Crippen LogP contribution is 2.30. The SMILES string of the molecule is COc1ccccc1NC(=O)c1cc(-c2cccs2)nc2c1c(C)nn2C. The number of aryl methyl sites for hydroxylation is 2. The van der Waals surface area contributed by atoms with Crippen LogP contribution >= 0.6 is 11.3 Å². The molecule has 1 N–H and O–H groups in total. The molecular weight excluding hydrogens is 360 g/mol. The fourth-order valence-corrected chi connectivity index (χ4v) is 3.80. The molecule has 0 unspecified atom stereocenters. The minimum Gasteiger partial charge on any atom is -0.495 e. The van der Waals surface area contributed by atoms with E-state index in [0.717, 1.165) is 21.7 Å². The maximum atomic E-state index is 13.2. The summed E-state index contributed by atoms with van der Waals surface area (Å²) in [5, 5.41) is 10.1. The third-order valence-electron chi connectivity index (χ3n) is 4.34. The number of methoxy groups -OCH3 is 1. The van der Waals surface area contributed by atoms with E-state index in [1.54, 1.807) is 23.1 Å². The van der Waals surface area contributed by atoms with Gasteiger partial charge in [0.1, 0.15) is 5.75 Å². The molecule has 0 saturated heterocycles. The first-order chi connectivity index (χ1) is 13.1. The second-order valence-corrected chi connectivity index (χ2v) is 7.04. The quantitative estimate of drug-likeness (QED) is 0.576. The van der Waals surface area contributed by atoms with Crippen LogP contribution < -0.4 is 10.1 Å². The monoisotopic (exact) mass is 378 g/mol. The molecule has 1 amide bonds. The summed E-state index contributed by atoms with van der Waals surface area (Å²) in [6, 6.07) is 13.1. The number of nitrogens with one attached hydrogen (secondary N) is 1. The first-order valence-electron chi connectivity index (χ1n) is 8.41. The summed E-state index contributed by atoms with van der Waals surface area (Å²) in [7, 11) is 3.41. The van der Waals surface area contributed by atoms with Crippen LogP contribution in [0.2, 0.25) is 0 Å². The fourth-order valence-electron chi connectivity index (χ4n) is 3.11. The summed E-state index contributed by atoms with van der Waals surface area (Å²) >= 11 is 1.58. The Morgan fingerprint density at radius 1 is 1.22 bits per heavy atom. The third-order valence-corrected chi connectivity index (χ3v) is 5.23. The van der Waals surface area contributed by atoms with Crippen LogP contribution in [-0.4, -0.2) is 27.8 Å². The van der Waals surface area contributed by atoms with Crippen LogP contribution in [0.15, 0.2) is 47.8 Å². The summed E-state index contributed by atoms with van der Waals surface area (Å²) in [4.78, 5) is 18.9. The lowest BCUT2D eigenvalue weighted by molar-refractivity contribution is 0.102. The molecule has 0 aliphatic heterocycles. The number of aromatic nitrogens is 3. The van der Waals surface area contributed by atoms with Gasteiger partial charge < -0.3 is 10.1 Å². The molecule has 0 atom stereocenters. The van der Waals surface area contributed by atoms with Gasteiger partial charge >= 0.3 is 0 Å². The first-order valence-corrected chi connectivity index (χ1v) is 9.29. The molecule has 3 aromatic heterocycles. The highest BCUT2D eigenvalue weighted by atomic mass is 32.1. The minimum absolute atomic E-state index is 0.221. The van der Waals surface area contributed by atoms with Crippen LogP contribution in [0.1, 0.15) is 16.1 Å². The van der Waals surface area contributed by atoms with E-state index in [2.05, 4.69) is 10.4 Å². The van der Waals surface area contributed by atoms with E-state index in [1.165, 1.54) is 0 Å². The van der Waals surface area contributed by atoms with Crippen LogP contribution in [0.3, 0.4) is 0 Å². The predicted molar refractivity (Wildman–Crippen MR) is 108 cm³/mol. The number of pyridine rings is 1. The Morgan fingerprint density at radius 2 is 2.04 bits per heavy atom. The molecule has 0 aliphatic rings. The van der Waals surface area contributed by atoms with E-state index < -0.39 is 0 Å². The number of carbonyl (C=O) groups is 1. The van der Waals surface area contributed by atoms with E-state index in [4.69, 9.17) is 9.72 Å². The highest BCUT2D eigenvalue weighted by Gasteiger charge is 2.20. The van der Waals surface area contributed by atoms with Gasteiger partial charge in [-0.25, -0.2) is 4.98 Å². The van der Waals surface area contributed by atoms with Crippen molar-refractivity contribution >= 4 is 34.0 Å². The number of benzene rings is 1. The Balaban J connectivity index is 1.85. The summed E-state index contributed by atoms with van der Waals surface area (Å²) in [5.41, 5.74) is 3.37. The number of amides is 1. The predicted octanol–water partition coefficient (Wildman–Crippen LogP) is 4.27. The van der Waals surface area contributed by atoms with Crippen molar-refractivity contribution in [1.82, 2.24) is 14.8 Å². The van der Waals surface area contributed by atoms with E-state index in [-0.39, 0.29) is 5.91 Å². The molecule has 0 fully saturated rings. The average molecular weight is 378 g/mol. The van der Waals surface area contributed by atoms with Gasteiger partial charge in [-0.1, -0.05) is 18.2 Å². The van der Waals surface area contributed by atoms with Crippen molar-refractivity contribution in [1.29, 1.82) is 0 Å². The molecule has 136 valence electrons. The molecule has 0 bridgehead atoms. The molecule has 3 heterocycles. The number of fused-ring (bicyclic) bond motifs is 1. The number of ether oxygens (including phenoxy) is 1. The van der Waals surface area contributed by atoms with E-state index in [9.17, 15) is 4.79 Å². The fraction of sp³-hybridized carbons (Fsp3) is 0.150. The van der Waals surface area contributed by atoms with Gasteiger partial charge in [-0.15, -0.1) is 11.3 Å². The van der Waals surface area contributed by atoms with Crippen molar-refractivity contribution in [3.05, 3.63) is 59.1 Å². The molecule has 6 nitrogen and oxygen atoms in total. The third kappa shape index (κ3) is 3.06. The Kier molecular flexibility index (Phi) is 4.37. The highest BCUT2D eigenvalue weighted by molar-refractivity contribution is 7.13. The molecule has 0 saturated carbocycles. The molecular formula is C20H18N4O2S. The van der Waals surface area contributed by atoms with Crippen molar-refractivity contribution in [2.45, 2.75) is 6.92 Å². The van der Waals surface area contributed by atoms with Crippen molar-refractivity contribution < 1.29 is 9.53 Å². The molecule has 0 spiro atoms. The van der Waals surface area contributed by atoms with E-state index in [1.807, 2.05) is 61.8 Å². The zero-order valence-electron chi connectivity index (χ0n) is 15.2. The van der Waals surface area contributed by atoms with Gasteiger partial charge in [0, 0.05) is 7.05 Å². The lowest BCUT2D eigenvalue weighted by atomic mass is 10.1. The van der Waals surface area contributed by atoms with Crippen LogP contribution in [0, 0.1) is 6.92 Å². The Bertz CT molecular complexity index is 1130. The molecule has 7 heteroatoms. The van der Waals surface area contributed by atoms with Crippen molar-refractivity contribution in [2.24, 2.45) is 7.05 Å². The van der Waals surface area contributed by atoms with E-state index in [0.29, 0.717) is 22.6 Å². The number of hydrogen-bond acceptors (Lipinski definition) is 5. The molecule has 0 radical (unpaired) electrons. The number of nitrogens with zero attached hydrogens (tertiary/aromatic N) is 3. The zero-order chi connectivity index (χ0) is 19.0. The first kappa shape index (κ1) is 17.2. The number of para-hydroxylation sites is 2. The topological polar surface area (TPSA) is 69.0 Å². The summed E-state index contributed by atoms with van der Waals surface area (Å²) in [5.74, 6) is 0.387. The second-order valence-electron chi connectivity index (χ2n) is 6.09. The molecule has 27 heavy (non-hydrogen) atoms. The molecule has 4 aromatic rings. The number of rotatable bonds is 4. The second kappa shape index (κ2) is 6.85. The molecule has 0 aliphatic carbocycles. The Hall–Kier alpha value is -3.19. The van der Waals surface area contributed by atoms with Crippen LogP contribution in [0.5, 0.6) is 5.75 Å². The van der Waals surface area contributed by atoms with E-state index >= 15 is 0 Å². The minimum atomic E-state index is -0.221. The lowest BCUT2D eigenvalue weighted by Crippen LogP contribution is -2.14. The Morgan fingerprint density at radius 3 is 2.78 bits per heavy atom. The standard InChI is InChI=1S/C20H18N4O2S/c1-12-18-13(20(25)22-14-7-4-5-8-16(14)26-3)11-15(17-9-6-10-27-17)21-19(18)24(2)23-12/h4-11H,1-3H3,(H,22,25). The van der Waals surface area contributed by atoms with Gasteiger partial charge in [0.2, 0.25) is 0 Å². The Labute approximate surface area is 160 Å².